The number of aromatic nitrogens is 1. The summed E-state index contributed by atoms with van der Waals surface area (Å²) in [4.78, 5) is 4.44. The van der Waals surface area contributed by atoms with E-state index in [1.165, 1.54) is 0 Å². The van der Waals surface area contributed by atoms with Crippen LogP contribution in [0.3, 0.4) is 0 Å². The van der Waals surface area contributed by atoms with Crippen molar-refractivity contribution in [1.82, 2.24) is 4.98 Å². The van der Waals surface area contributed by atoms with Crippen LogP contribution >= 0.6 is 27.3 Å². The Morgan fingerprint density at radius 2 is 2.31 bits per heavy atom. The minimum absolute atomic E-state index is 0.470. The van der Waals surface area contributed by atoms with Crippen LogP contribution in [-0.4, -0.2) is 12.1 Å². The molecule has 0 aliphatic rings. The van der Waals surface area contributed by atoms with Crippen molar-refractivity contribution in [1.29, 1.82) is 0 Å². The molecule has 3 nitrogen and oxygen atoms in total. The van der Waals surface area contributed by atoms with Gasteiger partial charge in [-0.1, -0.05) is 15.9 Å². The zero-order valence-electron chi connectivity index (χ0n) is 8.74. The van der Waals surface area contributed by atoms with Gasteiger partial charge in [-0.3, -0.25) is 0 Å². The number of rotatable bonds is 3. The third-order valence-corrected chi connectivity index (χ3v) is 3.78. The van der Waals surface area contributed by atoms with Crippen molar-refractivity contribution in [3.05, 3.63) is 33.7 Å². The van der Waals surface area contributed by atoms with Gasteiger partial charge in [-0.25, -0.2) is 4.98 Å². The molecule has 0 bridgehead atoms. The molecule has 0 radical (unpaired) electrons. The molecule has 0 atom stereocenters. The molecule has 0 unspecified atom stereocenters. The van der Waals surface area contributed by atoms with Gasteiger partial charge >= 0.3 is 0 Å². The van der Waals surface area contributed by atoms with Crippen LogP contribution in [0.2, 0.25) is 0 Å². The molecule has 84 valence electrons. The molecular formula is C11H11BrN2OS. The van der Waals surface area contributed by atoms with Crippen molar-refractivity contribution in [2.45, 2.75) is 6.54 Å². The van der Waals surface area contributed by atoms with Gasteiger partial charge < -0.3 is 10.5 Å². The first-order chi connectivity index (χ1) is 7.74. The van der Waals surface area contributed by atoms with Gasteiger partial charge in [-0.2, -0.15) is 0 Å². The first kappa shape index (κ1) is 11.6. The first-order valence-electron chi connectivity index (χ1n) is 4.73. The van der Waals surface area contributed by atoms with E-state index in [-0.39, 0.29) is 0 Å². The lowest BCUT2D eigenvalue weighted by Crippen LogP contribution is -1.95. The Kier molecular flexibility index (Phi) is 3.58. The highest BCUT2D eigenvalue weighted by molar-refractivity contribution is 9.10. The van der Waals surface area contributed by atoms with Crippen molar-refractivity contribution in [3.63, 3.8) is 0 Å². The summed E-state index contributed by atoms with van der Waals surface area (Å²) >= 11 is 5.09. The second kappa shape index (κ2) is 4.95. The van der Waals surface area contributed by atoms with Crippen molar-refractivity contribution in [3.8, 4) is 16.3 Å². The molecule has 1 heterocycles. The summed E-state index contributed by atoms with van der Waals surface area (Å²) in [6, 6.07) is 5.83. The van der Waals surface area contributed by atoms with Gasteiger partial charge in [0.15, 0.2) is 0 Å². The summed E-state index contributed by atoms with van der Waals surface area (Å²) in [6.07, 6.45) is 0. The molecule has 0 fully saturated rings. The normalized spacial score (nSPS) is 10.4. The maximum atomic E-state index is 5.54. The average Bonchev–Trinajstić information content (AvgIpc) is 2.78. The number of halogens is 1. The number of benzene rings is 1. The quantitative estimate of drug-likeness (QED) is 0.947. The van der Waals surface area contributed by atoms with Gasteiger partial charge in [0.05, 0.1) is 12.8 Å². The Hall–Kier alpha value is -0.910. The molecule has 16 heavy (non-hydrogen) atoms. The Morgan fingerprint density at radius 1 is 1.50 bits per heavy atom. The summed E-state index contributed by atoms with van der Waals surface area (Å²) in [5.41, 5.74) is 7.49. The van der Waals surface area contributed by atoms with Crippen LogP contribution in [0.1, 0.15) is 5.69 Å². The zero-order valence-corrected chi connectivity index (χ0v) is 11.1. The van der Waals surface area contributed by atoms with E-state index in [2.05, 4.69) is 20.9 Å². The van der Waals surface area contributed by atoms with E-state index in [0.29, 0.717) is 6.54 Å². The summed E-state index contributed by atoms with van der Waals surface area (Å²) in [5.74, 6) is 0.822. The number of hydrogen-bond donors (Lipinski definition) is 1. The molecule has 2 rings (SSSR count). The van der Waals surface area contributed by atoms with Crippen molar-refractivity contribution >= 4 is 27.3 Å². The highest BCUT2D eigenvalue weighted by Gasteiger charge is 2.09. The largest absolute Gasteiger partial charge is 0.497 e. The Bertz CT molecular complexity index is 498. The topological polar surface area (TPSA) is 48.1 Å². The lowest BCUT2D eigenvalue weighted by Gasteiger charge is -2.04. The molecule has 2 N–H and O–H groups in total. The molecule has 0 aliphatic heterocycles. The fourth-order valence-corrected chi connectivity index (χ4v) is 2.75. The number of thiazole rings is 1. The number of hydrogen-bond acceptors (Lipinski definition) is 4. The third kappa shape index (κ3) is 2.26. The lowest BCUT2D eigenvalue weighted by molar-refractivity contribution is 0.415. The van der Waals surface area contributed by atoms with Gasteiger partial charge in [0.2, 0.25) is 0 Å². The predicted molar refractivity (Wildman–Crippen MR) is 69.7 cm³/mol. The summed E-state index contributed by atoms with van der Waals surface area (Å²) in [7, 11) is 1.65. The molecule has 1 aromatic heterocycles. The molecule has 0 saturated heterocycles. The van der Waals surface area contributed by atoms with Crippen LogP contribution in [0.5, 0.6) is 5.75 Å². The highest BCUT2D eigenvalue weighted by Crippen LogP contribution is 2.33. The van der Waals surface area contributed by atoms with Crippen molar-refractivity contribution < 1.29 is 4.74 Å². The summed E-state index contributed by atoms with van der Waals surface area (Å²) < 4.78 is 6.20. The Morgan fingerprint density at radius 3 is 2.94 bits per heavy atom. The minimum Gasteiger partial charge on any atom is -0.497 e. The van der Waals surface area contributed by atoms with Gasteiger partial charge in [0, 0.05) is 22.0 Å². The van der Waals surface area contributed by atoms with Crippen LogP contribution in [0, 0.1) is 0 Å². The van der Waals surface area contributed by atoms with Gasteiger partial charge in [-0.05, 0) is 18.2 Å². The van der Waals surface area contributed by atoms with Gasteiger partial charge in [-0.15, -0.1) is 11.3 Å². The van der Waals surface area contributed by atoms with Crippen LogP contribution in [0.4, 0.5) is 0 Å². The van der Waals surface area contributed by atoms with E-state index in [1.807, 2.05) is 23.6 Å². The number of methoxy groups -OCH3 is 1. The van der Waals surface area contributed by atoms with Gasteiger partial charge in [0.25, 0.3) is 0 Å². The molecule has 0 amide bonds. The highest BCUT2D eigenvalue weighted by atomic mass is 79.9. The number of ether oxygens (including phenoxy) is 1. The maximum absolute atomic E-state index is 5.54. The SMILES string of the molecule is COc1ccc(Br)c(-c2nc(CN)cs2)c1. The summed E-state index contributed by atoms with van der Waals surface area (Å²) in [5, 5.41) is 2.92. The second-order valence-corrected chi connectivity index (χ2v) is 4.91. The zero-order chi connectivity index (χ0) is 11.5. The maximum Gasteiger partial charge on any atom is 0.124 e. The Balaban J connectivity index is 2.45. The molecule has 5 heteroatoms. The Labute approximate surface area is 106 Å². The molecule has 0 aliphatic carbocycles. The van der Waals surface area contributed by atoms with E-state index in [0.717, 1.165) is 26.5 Å². The van der Waals surface area contributed by atoms with Crippen LogP contribution in [-0.2, 0) is 6.54 Å². The molecule has 1 aromatic carbocycles. The standard InChI is InChI=1S/C11H11BrN2OS/c1-15-8-2-3-10(12)9(4-8)11-14-7(5-13)6-16-11/h2-4,6H,5,13H2,1H3. The number of nitrogens with zero attached hydrogens (tertiary/aromatic N) is 1. The molecule has 0 spiro atoms. The van der Waals surface area contributed by atoms with E-state index < -0.39 is 0 Å². The first-order valence-corrected chi connectivity index (χ1v) is 6.40. The van der Waals surface area contributed by atoms with E-state index in [1.54, 1.807) is 18.4 Å². The smallest absolute Gasteiger partial charge is 0.124 e. The van der Waals surface area contributed by atoms with E-state index >= 15 is 0 Å². The van der Waals surface area contributed by atoms with E-state index in [4.69, 9.17) is 10.5 Å². The third-order valence-electron chi connectivity index (χ3n) is 2.16. The van der Waals surface area contributed by atoms with Crippen molar-refractivity contribution in [2.24, 2.45) is 5.73 Å². The predicted octanol–water partition coefficient (Wildman–Crippen LogP) is 3.04. The molecular weight excluding hydrogens is 288 g/mol. The molecule has 0 saturated carbocycles. The van der Waals surface area contributed by atoms with Gasteiger partial charge in [0.1, 0.15) is 10.8 Å². The van der Waals surface area contributed by atoms with Crippen LogP contribution in [0.15, 0.2) is 28.1 Å². The van der Waals surface area contributed by atoms with Crippen LogP contribution in [0.25, 0.3) is 10.6 Å². The summed E-state index contributed by atoms with van der Waals surface area (Å²) in [6.45, 7) is 0.470. The monoisotopic (exact) mass is 298 g/mol. The number of nitrogens with two attached hydrogens (primary N) is 1. The fourth-order valence-electron chi connectivity index (χ4n) is 1.32. The lowest BCUT2D eigenvalue weighted by atomic mass is 10.2. The van der Waals surface area contributed by atoms with Crippen LogP contribution < -0.4 is 10.5 Å². The second-order valence-electron chi connectivity index (χ2n) is 3.19. The fraction of sp³-hybridized carbons (Fsp3) is 0.182. The van der Waals surface area contributed by atoms with Crippen molar-refractivity contribution in [2.75, 3.05) is 7.11 Å². The minimum atomic E-state index is 0.470. The average molecular weight is 299 g/mol. The molecule has 2 aromatic rings. The van der Waals surface area contributed by atoms with E-state index in [9.17, 15) is 0 Å².